The summed E-state index contributed by atoms with van der Waals surface area (Å²) in [4.78, 5) is 8.62. The third-order valence-electron chi connectivity index (χ3n) is 4.20. The molecule has 0 spiro atoms. The molecule has 1 heterocycles. The molecule has 156 valence electrons. The van der Waals surface area contributed by atoms with Crippen molar-refractivity contribution in [3.8, 4) is 5.75 Å². The lowest BCUT2D eigenvalue weighted by atomic mass is 10.2. The van der Waals surface area contributed by atoms with Crippen LogP contribution in [0.1, 0.15) is 11.3 Å². The van der Waals surface area contributed by atoms with Gasteiger partial charge in [0.05, 0.1) is 6.54 Å². The zero-order chi connectivity index (χ0) is 19.8. The third kappa shape index (κ3) is 8.00. The molecule has 0 unspecified atom stereocenters. The Morgan fingerprint density at radius 2 is 2.00 bits per heavy atom. The van der Waals surface area contributed by atoms with Crippen LogP contribution in [-0.2, 0) is 20.1 Å². The van der Waals surface area contributed by atoms with Crippen molar-refractivity contribution in [3.05, 3.63) is 52.3 Å². The molecule has 6 nitrogen and oxygen atoms in total. The second kappa shape index (κ2) is 12.3. The van der Waals surface area contributed by atoms with Crippen molar-refractivity contribution in [3.63, 3.8) is 0 Å². The van der Waals surface area contributed by atoms with Crippen molar-refractivity contribution in [2.75, 3.05) is 41.3 Å². The van der Waals surface area contributed by atoms with Gasteiger partial charge >= 0.3 is 0 Å². The number of benzene rings is 1. The second-order valence-electron chi connectivity index (χ2n) is 6.82. The van der Waals surface area contributed by atoms with Crippen LogP contribution in [-0.4, -0.2) is 61.7 Å². The molecule has 2 rings (SSSR count). The summed E-state index contributed by atoms with van der Waals surface area (Å²) in [5.74, 6) is 1.75. The Hall–Kier alpha value is -1.26. The first-order valence-electron chi connectivity index (χ1n) is 8.98. The predicted octanol–water partition coefficient (Wildman–Crippen LogP) is 3.55. The molecular formula is C20H31BrIN5O. The Balaban J connectivity index is 0.00000392. The highest BCUT2D eigenvalue weighted by Gasteiger charge is 2.10. The number of hydrogen-bond donors (Lipinski definition) is 1. The van der Waals surface area contributed by atoms with Crippen LogP contribution >= 0.6 is 39.9 Å². The minimum Gasteiger partial charge on any atom is -0.492 e. The zero-order valence-electron chi connectivity index (χ0n) is 17.3. The number of nitrogens with zero attached hydrogens (tertiary/aromatic N) is 4. The lowest BCUT2D eigenvalue weighted by molar-refractivity contribution is 0.261. The standard InChI is InChI=1S/C20H30BrN5O.HI/c1-22-20(26(5)15-18-12-17(21)14-25(18)4)23-13-16-7-6-8-19(11-16)27-10-9-24(2)3;/h6-8,11-12,14H,9-10,13,15H2,1-5H3,(H,22,23);1H. The van der Waals surface area contributed by atoms with Crippen LogP contribution in [0.3, 0.4) is 0 Å². The zero-order valence-corrected chi connectivity index (χ0v) is 21.2. The van der Waals surface area contributed by atoms with Gasteiger partial charge in [0, 0.05) is 50.6 Å². The maximum absolute atomic E-state index is 5.82. The summed E-state index contributed by atoms with van der Waals surface area (Å²) in [5.41, 5.74) is 2.37. The quantitative estimate of drug-likeness (QED) is 0.303. The van der Waals surface area contributed by atoms with E-state index in [9.17, 15) is 0 Å². The fraction of sp³-hybridized carbons (Fsp3) is 0.450. The highest BCUT2D eigenvalue weighted by atomic mass is 127. The van der Waals surface area contributed by atoms with Gasteiger partial charge < -0.3 is 24.4 Å². The van der Waals surface area contributed by atoms with E-state index >= 15 is 0 Å². The summed E-state index contributed by atoms with van der Waals surface area (Å²) in [7, 11) is 9.98. The van der Waals surface area contributed by atoms with Crippen molar-refractivity contribution in [2.45, 2.75) is 13.1 Å². The number of ether oxygens (including phenoxy) is 1. The number of hydrogen-bond acceptors (Lipinski definition) is 3. The molecule has 0 saturated carbocycles. The number of aryl methyl sites for hydroxylation is 1. The Morgan fingerprint density at radius 3 is 2.61 bits per heavy atom. The number of likely N-dealkylation sites (N-methyl/N-ethyl adjacent to an activating group) is 1. The van der Waals surface area contributed by atoms with Gasteiger partial charge in [-0.05, 0) is 53.8 Å². The fourth-order valence-electron chi connectivity index (χ4n) is 2.70. The van der Waals surface area contributed by atoms with Crippen LogP contribution in [0.15, 0.2) is 46.0 Å². The summed E-state index contributed by atoms with van der Waals surface area (Å²) >= 11 is 3.52. The molecule has 1 aromatic heterocycles. The monoisotopic (exact) mass is 563 g/mol. The number of halogens is 2. The molecule has 0 atom stereocenters. The van der Waals surface area contributed by atoms with Gasteiger partial charge in [0.2, 0.25) is 0 Å². The van der Waals surface area contributed by atoms with E-state index in [1.165, 1.54) is 5.69 Å². The molecule has 0 amide bonds. The molecule has 0 fully saturated rings. The largest absolute Gasteiger partial charge is 0.492 e. The summed E-state index contributed by atoms with van der Waals surface area (Å²) in [6.45, 7) is 3.05. The van der Waals surface area contributed by atoms with Crippen LogP contribution < -0.4 is 10.1 Å². The number of rotatable bonds is 8. The van der Waals surface area contributed by atoms with Gasteiger partial charge in [-0.25, -0.2) is 0 Å². The van der Waals surface area contributed by atoms with Crippen LogP contribution in [0, 0.1) is 0 Å². The maximum atomic E-state index is 5.82. The van der Waals surface area contributed by atoms with E-state index in [4.69, 9.17) is 4.74 Å². The van der Waals surface area contributed by atoms with E-state index in [1.54, 1.807) is 7.05 Å². The first-order chi connectivity index (χ1) is 12.9. The summed E-state index contributed by atoms with van der Waals surface area (Å²) < 4.78 is 9.01. The maximum Gasteiger partial charge on any atom is 0.194 e. The minimum absolute atomic E-state index is 0. The minimum atomic E-state index is 0. The lowest BCUT2D eigenvalue weighted by Crippen LogP contribution is -2.38. The summed E-state index contributed by atoms with van der Waals surface area (Å²) in [6.07, 6.45) is 2.06. The highest BCUT2D eigenvalue weighted by Crippen LogP contribution is 2.15. The molecule has 8 heteroatoms. The van der Waals surface area contributed by atoms with E-state index in [2.05, 4.69) is 65.0 Å². The molecule has 0 aliphatic heterocycles. The van der Waals surface area contributed by atoms with Crippen LogP contribution in [0.2, 0.25) is 0 Å². The topological polar surface area (TPSA) is 45.0 Å². The van der Waals surface area contributed by atoms with Crippen molar-refractivity contribution in [2.24, 2.45) is 12.0 Å². The molecule has 1 aromatic carbocycles. The Kier molecular flexibility index (Phi) is 10.9. The summed E-state index contributed by atoms with van der Waals surface area (Å²) in [6, 6.07) is 10.3. The highest BCUT2D eigenvalue weighted by molar-refractivity contribution is 14.0. The Labute approximate surface area is 194 Å². The van der Waals surface area contributed by atoms with Gasteiger partial charge in [0.25, 0.3) is 0 Å². The normalized spacial score (nSPS) is 11.3. The van der Waals surface area contributed by atoms with Gasteiger partial charge in [0.1, 0.15) is 12.4 Å². The molecule has 28 heavy (non-hydrogen) atoms. The molecule has 2 aromatic rings. The number of guanidine groups is 1. The molecule has 0 radical (unpaired) electrons. The van der Waals surface area contributed by atoms with Crippen LogP contribution in [0.25, 0.3) is 0 Å². The van der Waals surface area contributed by atoms with Gasteiger partial charge in [-0.15, -0.1) is 24.0 Å². The number of nitrogens with one attached hydrogen (secondary N) is 1. The first-order valence-corrected chi connectivity index (χ1v) is 9.77. The van der Waals surface area contributed by atoms with E-state index in [1.807, 2.05) is 40.3 Å². The van der Waals surface area contributed by atoms with Crippen LogP contribution in [0.5, 0.6) is 5.75 Å². The van der Waals surface area contributed by atoms with E-state index in [0.717, 1.165) is 34.8 Å². The summed E-state index contributed by atoms with van der Waals surface area (Å²) in [5, 5.41) is 3.42. The molecule has 0 bridgehead atoms. The number of aromatic nitrogens is 1. The second-order valence-corrected chi connectivity index (χ2v) is 7.73. The van der Waals surface area contributed by atoms with Crippen molar-refractivity contribution in [1.82, 2.24) is 19.7 Å². The predicted molar refractivity (Wildman–Crippen MR) is 131 cm³/mol. The molecule has 0 saturated heterocycles. The van der Waals surface area contributed by atoms with Gasteiger partial charge in [-0.3, -0.25) is 4.99 Å². The molecule has 0 aliphatic carbocycles. The Bertz CT molecular complexity index is 763. The van der Waals surface area contributed by atoms with E-state index < -0.39 is 0 Å². The lowest BCUT2D eigenvalue weighted by Gasteiger charge is -2.22. The van der Waals surface area contributed by atoms with Crippen molar-refractivity contribution >= 4 is 45.9 Å². The van der Waals surface area contributed by atoms with Crippen molar-refractivity contribution < 1.29 is 4.74 Å². The average molecular weight is 564 g/mol. The average Bonchev–Trinajstić information content (AvgIpc) is 2.92. The Morgan fingerprint density at radius 1 is 1.25 bits per heavy atom. The van der Waals surface area contributed by atoms with E-state index in [0.29, 0.717) is 13.2 Å². The van der Waals surface area contributed by atoms with Crippen LogP contribution in [0.4, 0.5) is 0 Å². The van der Waals surface area contributed by atoms with Gasteiger partial charge in [0.15, 0.2) is 5.96 Å². The number of aliphatic imine (C=N–C) groups is 1. The SMILES string of the molecule is CN=C(NCc1cccc(OCCN(C)C)c1)N(C)Cc1cc(Br)cn1C.I. The van der Waals surface area contributed by atoms with E-state index in [-0.39, 0.29) is 24.0 Å². The molecule has 1 N–H and O–H groups in total. The fourth-order valence-corrected chi connectivity index (χ4v) is 3.27. The smallest absolute Gasteiger partial charge is 0.194 e. The molecule has 0 aliphatic rings. The van der Waals surface area contributed by atoms with Gasteiger partial charge in [-0.1, -0.05) is 12.1 Å². The third-order valence-corrected chi connectivity index (χ3v) is 4.64. The van der Waals surface area contributed by atoms with Gasteiger partial charge in [-0.2, -0.15) is 0 Å². The van der Waals surface area contributed by atoms with Crippen molar-refractivity contribution in [1.29, 1.82) is 0 Å². The first kappa shape index (κ1) is 24.8. The molecular weight excluding hydrogens is 533 g/mol.